The van der Waals surface area contributed by atoms with Crippen LogP contribution in [0.2, 0.25) is 0 Å². The molecule has 2 aromatic carbocycles. The van der Waals surface area contributed by atoms with E-state index in [2.05, 4.69) is 4.98 Å². The molecule has 0 saturated heterocycles. The molecule has 1 heterocycles. The number of hydrogen-bond acceptors (Lipinski definition) is 4. The van der Waals surface area contributed by atoms with Gasteiger partial charge in [0.05, 0.1) is 7.11 Å². The molecular weight excluding hydrogens is 316 g/mol. The summed E-state index contributed by atoms with van der Waals surface area (Å²) in [5, 5.41) is 9.37. The van der Waals surface area contributed by atoms with Crippen LogP contribution < -0.4 is 15.0 Å². The topological polar surface area (TPSA) is 75.1 Å². The zero-order valence-electron chi connectivity index (χ0n) is 13.9. The smallest absolute Gasteiger partial charge is 0.266 e. The first-order valence-electron chi connectivity index (χ1n) is 7.67. The van der Waals surface area contributed by atoms with Crippen molar-refractivity contribution in [3.05, 3.63) is 76.2 Å². The average Bonchev–Trinajstić information content (AvgIpc) is 2.62. The van der Waals surface area contributed by atoms with E-state index < -0.39 is 5.56 Å². The largest absolute Gasteiger partial charge is 0.497 e. The minimum Gasteiger partial charge on any atom is -0.497 e. The molecule has 0 aliphatic carbocycles. The fourth-order valence-corrected chi connectivity index (χ4v) is 2.58. The fraction of sp³-hybridized carbons (Fsp3) is 0.100. The van der Waals surface area contributed by atoms with Gasteiger partial charge in [-0.05, 0) is 31.2 Å². The van der Waals surface area contributed by atoms with Crippen LogP contribution in [0.15, 0.2) is 59.4 Å². The van der Waals surface area contributed by atoms with E-state index in [1.807, 2.05) is 42.5 Å². The quantitative estimate of drug-likeness (QED) is 0.783. The van der Waals surface area contributed by atoms with Crippen LogP contribution in [0.5, 0.6) is 17.2 Å². The Hall–Kier alpha value is -3.52. The molecule has 0 fully saturated rings. The highest BCUT2D eigenvalue weighted by molar-refractivity contribution is 5.76. The number of aromatic nitrogens is 1. The van der Waals surface area contributed by atoms with Gasteiger partial charge >= 0.3 is 0 Å². The zero-order valence-corrected chi connectivity index (χ0v) is 13.9. The van der Waals surface area contributed by atoms with Gasteiger partial charge in [0.2, 0.25) is 0 Å². The number of nitrogens with zero attached hydrogens (tertiary/aromatic N) is 1. The van der Waals surface area contributed by atoms with Crippen molar-refractivity contribution >= 4 is 0 Å². The van der Waals surface area contributed by atoms with Gasteiger partial charge in [0, 0.05) is 22.9 Å². The second-order valence-electron chi connectivity index (χ2n) is 5.46. The van der Waals surface area contributed by atoms with E-state index in [1.165, 1.54) is 0 Å². The van der Waals surface area contributed by atoms with Crippen LogP contribution in [0.1, 0.15) is 11.3 Å². The third-order valence-electron chi connectivity index (χ3n) is 3.73. The van der Waals surface area contributed by atoms with E-state index in [0.717, 1.165) is 0 Å². The Kier molecular flexibility index (Phi) is 4.53. The number of ether oxygens (including phenoxy) is 2. The molecule has 0 amide bonds. The number of rotatable bonds is 4. The number of nitrogens with one attached hydrogen (secondary N) is 1. The van der Waals surface area contributed by atoms with Gasteiger partial charge in [0.15, 0.2) is 0 Å². The summed E-state index contributed by atoms with van der Waals surface area (Å²) in [4.78, 5) is 14.7. The number of para-hydroxylation sites is 1. The summed E-state index contributed by atoms with van der Waals surface area (Å²) in [5.74, 6) is 1.84. The van der Waals surface area contributed by atoms with Gasteiger partial charge in [0.1, 0.15) is 28.9 Å². The third kappa shape index (κ3) is 3.38. The summed E-state index contributed by atoms with van der Waals surface area (Å²) < 4.78 is 11.2. The molecule has 0 saturated carbocycles. The number of aromatic amines is 1. The lowest BCUT2D eigenvalue weighted by atomic mass is 10.00. The Morgan fingerprint density at radius 1 is 1.00 bits per heavy atom. The molecule has 1 N–H and O–H groups in total. The predicted molar refractivity (Wildman–Crippen MR) is 95.0 cm³/mol. The summed E-state index contributed by atoms with van der Waals surface area (Å²) in [6.07, 6.45) is 0. The predicted octanol–water partition coefficient (Wildman–Crippen LogP) is 4.02. The number of methoxy groups -OCH3 is 1. The second kappa shape index (κ2) is 6.93. The highest BCUT2D eigenvalue weighted by atomic mass is 16.5. The molecule has 5 nitrogen and oxygen atoms in total. The molecule has 0 radical (unpaired) electrons. The third-order valence-corrected chi connectivity index (χ3v) is 3.73. The van der Waals surface area contributed by atoms with Gasteiger partial charge in [-0.2, -0.15) is 5.26 Å². The molecule has 5 heteroatoms. The van der Waals surface area contributed by atoms with Crippen molar-refractivity contribution in [2.45, 2.75) is 6.92 Å². The van der Waals surface area contributed by atoms with Gasteiger partial charge in [-0.15, -0.1) is 0 Å². The summed E-state index contributed by atoms with van der Waals surface area (Å²) in [6, 6.07) is 18.3. The second-order valence-corrected chi connectivity index (χ2v) is 5.46. The minimum absolute atomic E-state index is 0.0623. The van der Waals surface area contributed by atoms with Crippen molar-refractivity contribution in [2.75, 3.05) is 7.11 Å². The number of pyridine rings is 1. The first-order chi connectivity index (χ1) is 12.1. The molecule has 3 aromatic rings. The van der Waals surface area contributed by atoms with Gasteiger partial charge in [-0.1, -0.05) is 24.3 Å². The number of nitriles is 1. The Morgan fingerprint density at radius 2 is 1.76 bits per heavy atom. The molecule has 0 bridgehead atoms. The summed E-state index contributed by atoms with van der Waals surface area (Å²) in [7, 11) is 1.59. The zero-order chi connectivity index (χ0) is 17.8. The molecule has 0 spiro atoms. The maximum Gasteiger partial charge on any atom is 0.266 e. The summed E-state index contributed by atoms with van der Waals surface area (Å²) >= 11 is 0. The first kappa shape index (κ1) is 16.3. The van der Waals surface area contributed by atoms with Crippen molar-refractivity contribution in [1.29, 1.82) is 5.26 Å². The van der Waals surface area contributed by atoms with Gasteiger partial charge in [-0.25, -0.2) is 0 Å². The van der Waals surface area contributed by atoms with Crippen LogP contribution in [-0.4, -0.2) is 12.1 Å². The average molecular weight is 332 g/mol. The minimum atomic E-state index is -0.409. The van der Waals surface area contributed by atoms with Gasteiger partial charge in [-0.3, -0.25) is 4.79 Å². The van der Waals surface area contributed by atoms with Crippen LogP contribution in [0.25, 0.3) is 11.1 Å². The number of benzene rings is 2. The monoisotopic (exact) mass is 332 g/mol. The highest BCUT2D eigenvalue weighted by Crippen LogP contribution is 2.35. The van der Waals surface area contributed by atoms with Crippen LogP contribution in [0.4, 0.5) is 0 Å². The SMILES string of the molecule is COc1cccc(Oc2ccccc2-c2cc(C)[nH]c(=O)c2C#N)c1. The van der Waals surface area contributed by atoms with Crippen molar-refractivity contribution < 1.29 is 9.47 Å². The van der Waals surface area contributed by atoms with E-state index in [4.69, 9.17) is 9.47 Å². The number of hydrogen-bond donors (Lipinski definition) is 1. The molecular formula is C20H16N2O3. The first-order valence-corrected chi connectivity index (χ1v) is 7.67. The Balaban J connectivity index is 2.11. The normalized spacial score (nSPS) is 10.1. The molecule has 124 valence electrons. The van der Waals surface area contributed by atoms with Crippen LogP contribution >= 0.6 is 0 Å². The number of aryl methyl sites for hydroxylation is 1. The van der Waals surface area contributed by atoms with Crippen molar-refractivity contribution in [3.8, 4) is 34.4 Å². The maximum absolute atomic E-state index is 12.1. The van der Waals surface area contributed by atoms with E-state index in [1.54, 1.807) is 32.2 Å². The van der Waals surface area contributed by atoms with Crippen LogP contribution in [0, 0.1) is 18.3 Å². The summed E-state index contributed by atoms with van der Waals surface area (Å²) in [5.41, 5.74) is 1.55. The molecule has 3 rings (SSSR count). The van der Waals surface area contributed by atoms with E-state index in [9.17, 15) is 10.1 Å². The van der Waals surface area contributed by atoms with Crippen LogP contribution in [0.3, 0.4) is 0 Å². The van der Waals surface area contributed by atoms with Crippen molar-refractivity contribution in [1.82, 2.24) is 4.98 Å². The summed E-state index contributed by atoms with van der Waals surface area (Å²) in [6.45, 7) is 1.78. The fourth-order valence-electron chi connectivity index (χ4n) is 2.58. The molecule has 0 atom stereocenters. The van der Waals surface area contributed by atoms with Crippen molar-refractivity contribution in [3.63, 3.8) is 0 Å². The molecule has 0 unspecified atom stereocenters. The Morgan fingerprint density at radius 3 is 2.52 bits per heavy atom. The van der Waals surface area contributed by atoms with Gasteiger partial charge in [0.25, 0.3) is 5.56 Å². The van der Waals surface area contributed by atoms with Crippen molar-refractivity contribution in [2.24, 2.45) is 0 Å². The van der Waals surface area contributed by atoms with E-state index >= 15 is 0 Å². The lowest BCUT2D eigenvalue weighted by Crippen LogP contribution is -2.12. The standard InChI is InChI=1S/C20H16N2O3/c1-13-10-17(18(12-21)20(23)22-13)16-8-3-4-9-19(16)25-15-7-5-6-14(11-15)24-2/h3-11H,1-2H3,(H,22,23). The van der Waals surface area contributed by atoms with Gasteiger partial charge < -0.3 is 14.5 Å². The molecule has 0 aliphatic rings. The number of H-pyrrole nitrogens is 1. The lowest BCUT2D eigenvalue weighted by Gasteiger charge is -2.13. The van der Waals surface area contributed by atoms with Crippen LogP contribution in [-0.2, 0) is 0 Å². The highest BCUT2D eigenvalue weighted by Gasteiger charge is 2.14. The maximum atomic E-state index is 12.1. The van der Waals surface area contributed by atoms with E-state index in [0.29, 0.717) is 34.1 Å². The molecule has 0 aliphatic heterocycles. The Bertz CT molecular complexity index is 1020. The molecule has 25 heavy (non-hydrogen) atoms. The molecule has 1 aromatic heterocycles. The Labute approximate surface area is 145 Å². The lowest BCUT2D eigenvalue weighted by molar-refractivity contribution is 0.409. The van der Waals surface area contributed by atoms with E-state index in [-0.39, 0.29) is 5.56 Å².